The van der Waals surface area contributed by atoms with E-state index in [4.69, 9.17) is 15.2 Å². The first-order valence-electron chi connectivity index (χ1n) is 9.61. The second-order valence-corrected chi connectivity index (χ2v) is 6.72. The van der Waals surface area contributed by atoms with Crippen LogP contribution in [0.5, 0.6) is 5.75 Å². The Bertz CT molecular complexity index is 1050. The van der Waals surface area contributed by atoms with Crippen LogP contribution >= 0.6 is 0 Å². The van der Waals surface area contributed by atoms with Gasteiger partial charge in [-0.15, -0.1) is 0 Å². The van der Waals surface area contributed by atoms with Crippen LogP contribution in [0.15, 0.2) is 78.9 Å². The predicted octanol–water partition coefficient (Wildman–Crippen LogP) is 2.94. The number of amides is 2. The zero-order valence-corrected chi connectivity index (χ0v) is 16.7. The molecule has 0 aliphatic heterocycles. The van der Waals surface area contributed by atoms with Crippen molar-refractivity contribution in [3.8, 4) is 5.75 Å². The molecule has 158 valence electrons. The molecule has 3 aromatic rings. The summed E-state index contributed by atoms with van der Waals surface area (Å²) >= 11 is 0. The van der Waals surface area contributed by atoms with Gasteiger partial charge >= 0.3 is 5.97 Å². The molecule has 0 heterocycles. The molecule has 0 saturated heterocycles. The minimum absolute atomic E-state index is 0.253. The molecule has 7 nitrogen and oxygen atoms in total. The van der Waals surface area contributed by atoms with Crippen LogP contribution in [-0.2, 0) is 20.7 Å². The fraction of sp³-hybridized carbons (Fsp3) is 0.125. The van der Waals surface area contributed by atoms with E-state index in [-0.39, 0.29) is 12.2 Å². The standard InChI is InChI=1S/C24H22N2O5/c25-22(27)15-30-20-12-10-18(11-13-20)24(29)31-16-23(28)26-21-9-5-4-8-19(21)14-17-6-2-1-3-7-17/h1-13H,14-16H2,(H2,25,27)(H,26,28). The van der Waals surface area contributed by atoms with Crippen LogP contribution in [0.25, 0.3) is 0 Å². The van der Waals surface area contributed by atoms with Gasteiger partial charge in [0, 0.05) is 5.69 Å². The van der Waals surface area contributed by atoms with Gasteiger partial charge in [-0.25, -0.2) is 4.79 Å². The third kappa shape index (κ3) is 6.71. The molecule has 0 aromatic heterocycles. The number of primary amides is 1. The summed E-state index contributed by atoms with van der Waals surface area (Å²) < 4.78 is 10.2. The average molecular weight is 418 g/mol. The Morgan fingerprint density at radius 2 is 1.48 bits per heavy atom. The van der Waals surface area contributed by atoms with Gasteiger partial charge in [0.15, 0.2) is 13.2 Å². The Morgan fingerprint density at radius 3 is 2.19 bits per heavy atom. The fourth-order valence-electron chi connectivity index (χ4n) is 2.85. The molecule has 0 saturated carbocycles. The molecule has 0 bridgehead atoms. The molecule has 31 heavy (non-hydrogen) atoms. The van der Waals surface area contributed by atoms with Gasteiger partial charge in [0.2, 0.25) is 0 Å². The Hall–Kier alpha value is -4.13. The third-order valence-corrected chi connectivity index (χ3v) is 4.33. The van der Waals surface area contributed by atoms with E-state index in [9.17, 15) is 14.4 Å². The summed E-state index contributed by atoms with van der Waals surface area (Å²) in [5.41, 5.74) is 8.02. The number of nitrogens with one attached hydrogen (secondary N) is 1. The molecule has 0 spiro atoms. The molecular formula is C24H22N2O5. The maximum absolute atomic E-state index is 12.3. The summed E-state index contributed by atoms with van der Waals surface area (Å²) in [7, 11) is 0. The number of carbonyl (C=O) groups is 3. The lowest BCUT2D eigenvalue weighted by Gasteiger charge is -2.12. The van der Waals surface area contributed by atoms with Crippen LogP contribution in [-0.4, -0.2) is 31.0 Å². The first kappa shape index (κ1) is 21.6. The van der Waals surface area contributed by atoms with E-state index in [0.29, 0.717) is 17.9 Å². The SMILES string of the molecule is NC(=O)COc1ccc(C(=O)OCC(=O)Nc2ccccc2Cc2ccccc2)cc1. The van der Waals surface area contributed by atoms with Crippen molar-refractivity contribution < 1.29 is 23.9 Å². The van der Waals surface area contributed by atoms with Crippen molar-refractivity contribution >= 4 is 23.5 Å². The van der Waals surface area contributed by atoms with E-state index in [1.807, 2.05) is 54.6 Å². The van der Waals surface area contributed by atoms with Crippen molar-refractivity contribution in [1.29, 1.82) is 0 Å². The van der Waals surface area contributed by atoms with Gasteiger partial charge in [-0.2, -0.15) is 0 Å². The van der Waals surface area contributed by atoms with Gasteiger partial charge in [0.05, 0.1) is 5.56 Å². The molecule has 3 aromatic carbocycles. The molecule has 0 aliphatic carbocycles. The van der Waals surface area contributed by atoms with Crippen molar-refractivity contribution in [2.75, 3.05) is 18.5 Å². The van der Waals surface area contributed by atoms with Crippen molar-refractivity contribution in [1.82, 2.24) is 0 Å². The molecule has 0 radical (unpaired) electrons. The largest absolute Gasteiger partial charge is 0.484 e. The molecule has 0 unspecified atom stereocenters. The highest BCUT2D eigenvalue weighted by molar-refractivity contribution is 5.96. The van der Waals surface area contributed by atoms with Crippen LogP contribution < -0.4 is 15.8 Å². The van der Waals surface area contributed by atoms with Crippen LogP contribution in [0.3, 0.4) is 0 Å². The zero-order valence-electron chi connectivity index (χ0n) is 16.7. The average Bonchev–Trinajstić information content (AvgIpc) is 2.78. The van der Waals surface area contributed by atoms with E-state index in [0.717, 1.165) is 11.1 Å². The Kier molecular flexibility index (Phi) is 7.37. The number of rotatable bonds is 9. The maximum atomic E-state index is 12.3. The number of benzene rings is 3. The number of hydrogen-bond donors (Lipinski definition) is 2. The Morgan fingerprint density at radius 1 is 0.806 bits per heavy atom. The van der Waals surface area contributed by atoms with Gasteiger partial charge in [-0.05, 0) is 47.9 Å². The molecule has 0 fully saturated rings. The highest BCUT2D eigenvalue weighted by atomic mass is 16.5. The number of anilines is 1. The lowest BCUT2D eigenvalue weighted by Crippen LogP contribution is -2.21. The van der Waals surface area contributed by atoms with Crippen molar-refractivity contribution in [3.05, 3.63) is 95.6 Å². The Labute approximate surface area is 179 Å². The second kappa shape index (κ2) is 10.6. The quantitative estimate of drug-likeness (QED) is 0.520. The molecule has 3 N–H and O–H groups in total. The molecule has 0 aliphatic rings. The highest BCUT2D eigenvalue weighted by Crippen LogP contribution is 2.19. The van der Waals surface area contributed by atoms with Crippen LogP contribution in [0, 0.1) is 0 Å². The van der Waals surface area contributed by atoms with Gasteiger partial charge < -0.3 is 20.5 Å². The monoisotopic (exact) mass is 418 g/mol. The number of hydrogen-bond acceptors (Lipinski definition) is 5. The lowest BCUT2D eigenvalue weighted by molar-refractivity contribution is -0.120. The smallest absolute Gasteiger partial charge is 0.338 e. The van der Waals surface area contributed by atoms with Gasteiger partial charge in [-0.3, -0.25) is 9.59 Å². The number of carbonyl (C=O) groups excluding carboxylic acids is 3. The molecular weight excluding hydrogens is 396 g/mol. The van der Waals surface area contributed by atoms with Crippen molar-refractivity contribution in [3.63, 3.8) is 0 Å². The summed E-state index contributed by atoms with van der Waals surface area (Å²) in [6, 6.07) is 23.4. The van der Waals surface area contributed by atoms with E-state index < -0.39 is 24.4 Å². The minimum Gasteiger partial charge on any atom is -0.484 e. The first-order chi connectivity index (χ1) is 15.0. The zero-order chi connectivity index (χ0) is 22.1. The van der Waals surface area contributed by atoms with Gasteiger partial charge in [-0.1, -0.05) is 48.5 Å². The van der Waals surface area contributed by atoms with Crippen LogP contribution in [0.1, 0.15) is 21.5 Å². The number of esters is 1. The lowest BCUT2D eigenvalue weighted by atomic mass is 10.0. The van der Waals surface area contributed by atoms with Crippen LogP contribution in [0.4, 0.5) is 5.69 Å². The van der Waals surface area contributed by atoms with E-state index in [2.05, 4.69) is 5.32 Å². The summed E-state index contributed by atoms with van der Waals surface area (Å²) in [6.45, 7) is -0.672. The van der Waals surface area contributed by atoms with Crippen molar-refractivity contribution in [2.24, 2.45) is 5.73 Å². The van der Waals surface area contributed by atoms with Crippen LogP contribution in [0.2, 0.25) is 0 Å². The first-order valence-corrected chi connectivity index (χ1v) is 9.61. The summed E-state index contributed by atoms with van der Waals surface area (Å²) in [4.78, 5) is 35.2. The third-order valence-electron chi connectivity index (χ3n) is 4.33. The summed E-state index contributed by atoms with van der Waals surface area (Å²) in [5.74, 6) is -1.28. The topological polar surface area (TPSA) is 108 Å². The van der Waals surface area contributed by atoms with Gasteiger partial charge in [0.1, 0.15) is 5.75 Å². The summed E-state index contributed by atoms with van der Waals surface area (Å²) in [5, 5.41) is 2.79. The molecule has 7 heteroatoms. The normalized spacial score (nSPS) is 10.2. The second-order valence-electron chi connectivity index (χ2n) is 6.72. The molecule has 0 atom stereocenters. The van der Waals surface area contributed by atoms with Crippen molar-refractivity contribution in [2.45, 2.75) is 6.42 Å². The van der Waals surface area contributed by atoms with E-state index in [1.165, 1.54) is 24.3 Å². The molecule has 2 amide bonds. The van der Waals surface area contributed by atoms with Gasteiger partial charge in [0.25, 0.3) is 11.8 Å². The van der Waals surface area contributed by atoms with E-state index >= 15 is 0 Å². The molecule has 3 rings (SSSR count). The number of nitrogens with two attached hydrogens (primary N) is 1. The number of ether oxygens (including phenoxy) is 2. The number of para-hydroxylation sites is 1. The Balaban J connectivity index is 1.53. The predicted molar refractivity (Wildman–Crippen MR) is 116 cm³/mol. The van der Waals surface area contributed by atoms with E-state index in [1.54, 1.807) is 0 Å². The summed E-state index contributed by atoms with van der Waals surface area (Å²) in [6.07, 6.45) is 0.668. The minimum atomic E-state index is -0.644. The highest BCUT2D eigenvalue weighted by Gasteiger charge is 2.12. The maximum Gasteiger partial charge on any atom is 0.338 e. The fourth-order valence-corrected chi connectivity index (χ4v) is 2.85.